The van der Waals surface area contributed by atoms with Crippen LogP contribution >= 0.6 is 11.3 Å². The maximum absolute atomic E-state index is 4.90. The fourth-order valence-corrected chi connectivity index (χ4v) is 6.71. The van der Waals surface area contributed by atoms with E-state index >= 15 is 0 Å². The van der Waals surface area contributed by atoms with Crippen LogP contribution in [0.3, 0.4) is 0 Å². The Bertz CT molecular complexity index is 2160. The average molecular weight is 483 g/mol. The number of H-pyrrole nitrogens is 2. The Kier molecular flexibility index (Phi) is 3.98. The van der Waals surface area contributed by atoms with Crippen molar-refractivity contribution >= 4 is 75.8 Å². The van der Waals surface area contributed by atoms with E-state index in [0.717, 1.165) is 40.1 Å². The Labute approximate surface area is 210 Å². The van der Waals surface area contributed by atoms with Crippen molar-refractivity contribution in [1.82, 2.24) is 19.9 Å². The van der Waals surface area contributed by atoms with Crippen LogP contribution in [0.15, 0.2) is 72.1 Å². The number of nitrogens with one attached hydrogen (secondary N) is 2. The maximum atomic E-state index is 4.90. The second-order valence-electron chi connectivity index (χ2n) is 9.54. The number of aryl methyl sites for hydroxylation is 2. The molecule has 4 nitrogen and oxygen atoms in total. The van der Waals surface area contributed by atoms with Gasteiger partial charge >= 0.3 is 0 Å². The van der Waals surface area contributed by atoms with Crippen molar-refractivity contribution in [2.45, 2.75) is 20.3 Å². The van der Waals surface area contributed by atoms with Gasteiger partial charge in [0.15, 0.2) is 0 Å². The highest BCUT2D eigenvalue weighted by Gasteiger charge is 2.16. The zero-order valence-electron chi connectivity index (χ0n) is 19.9. The Morgan fingerprint density at radius 1 is 0.667 bits per heavy atom. The molecular formula is C31H22N4S. The standard InChI is InChI=1S/C31H22N4S/c1-3-26-34-29-22-11-9-18(15-25(22)31-23(12-13-36-31)30(29)35-26)17-8-10-21-24(14-17)19-6-4-5-7-20(19)27-28(21)33-16(2)32-27/h4-15H,3H2,1-2H3,(H,32,33)(H,34,35). The molecule has 0 unspecified atom stereocenters. The van der Waals surface area contributed by atoms with Crippen molar-refractivity contribution in [3.05, 3.63) is 83.8 Å². The first-order valence-electron chi connectivity index (χ1n) is 12.3. The number of hydrogen-bond acceptors (Lipinski definition) is 3. The molecule has 0 aliphatic rings. The summed E-state index contributed by atoms with van der Waals surface area (Å²) in [6.45, 7) is 4.17. The normalized spacial score (nSPS) is 12.3. The van der Waals surface area contributed by atoms with E-state index in [1.54, 1.807) is 11.3 Å². The van der Waals surface area contributed by atoms with Crippen molar-refractivity contribution < 1.29 is 0 Å². The molecule has 2 N–H and O–H groups in total. The zero-order valence-corrected chi connectivity index (χ0v) is 20.8. The molecule has 0 amide bonds. The van der Waals surface area contributed by atoms with Gasteiger partial charge < -0.3 is 9.97 Å². The first-order valence-corrected chi connectivity index (χ1v) is 13.2. The summed E-state index contributed by atoms with van der Waals surface area (Å²) in [5, 5.41) is 10.8. The van der Waals surface area contributed by atoms with Gasteiger partial charge in [-0.3, -0.25) is 0 Å². The van der Waals surface area contributed by atoms with Crippen molar-refractivity contribution in [3.8, 4) is 11.1 Å². The first-order chi connectivity index (χ1) is 17.7. The van der Waals surface area contributed by atoms with Gasteiger partial charge in [-0.15, -0.1) is 11.3 Å². The third-order valence-electron chi connectivity index (χ3n) is 7.46. The molecule has 0 bridgehead atoms. The molecule has 172 valence electrons. The summed E-state index contributed by atoms with van der Waals surface area (Å²) in [4.78, 5) is 16.8. The van der Waals surface area contributed by atoms with Crippen LogP contribution in [-0.4, -0.2) is 19.9 Å². The van der Waals surface area contributed by atoms with Crippen molar-refractivity contribution in [2.24, 2.45) is 0 Å². The van der Waals surface area contributed by atoms with Crippen LogP contribution in [0.5, 0.6) is 0 Å². The van der Waals surface area contributed by atoms with Crippen molar-refractivity contribution in [2.75, 3.05) is 0 Å². The van der Waals surface area contributed by atoms with Crippen LogP contribution < -0.4 is 0 Å². The molecule has 0 spiro atoms. The van der Waals surface area contributed by atoms with E-state index in [9.17, 15) is 0 Å². The summed E-state index contributed by atoms with van der Waals surface area (Å²) in [7, 11) is 0. The lowest BCUT2D eigenvalue weighted by Gasteiger charge is -2.10. The van der Waals surface area contributed by atoms with Crippen molar-refractivity contribution in [1.29, 1.82) is 0 Å². The van der Waals surface area contributed by atoms with Crippen LogP contribution in [-0.2, 0) is 6.42 Å². The van der Waals surface area contributed by atoms with Gasteiger partial charge in [0.2, 0.25) is 0 Å². The Morgan fingerprint density at radius 3 is 2.17 bits per heavy atom. The van der Waals surface area contributed by atoms with E-state index in [1.807, 2.05) is 6.92 Å². The van der Waals surface area contributed by atoms with Crippen LogP contribution in [0.1, 0.15) is 18.6 Å². The molecule has 36 heavy (non-hydrogen) atoms. The number of benzene rings is 5. The molecule has 5 heteroatoms. The zero-order chi connectivity index (χ0) is 24.0. The van der Waals surface area contributed by atoms with E-state index in [0.29, 0.717) is 0 Å². The molecule has 5 aromatic carbocycles. The third kappa shape index (κ3) is 2.63. The van der Waals surface area contributed by atoms with Gasteiger partial charge in [0, 0.05) is 38.1 Å². The summed E-state index contributed by atoms with van der Waals surface area (Å²) in [5.41, 5.74) is 6.82. The fourth-order valence-electron chi connectivity index (χ4n) is 5.78. The predicted molar refractivity (Wildman–Crippen MR) is 153 cm³/mol. The second-order valence-corrected chi connectivity index (χ2v) is 10.5. The maximum Gasteiger partial charge on any atom is 0.106 e. The van der Waals surface area contributed by atoms with Crippen LogP contribution in [0.2, 0.25) is 0 Å². The molecule has 3 aromatic heterocycles. The Balaban J connectivity index is 1.43. The topological polar surface area (TPSA) is 57.4 Å². The van der Waals surface area contributed by atoms with Gasteiger partial charge in [0.1, 0.15) is 11.6 Å². The molecule has 0 atom stereocenters. The Morgan fingerprint density at radius 2 is 1.36 bits per heavy atom. The average Bonchev–Trinajstić information content (AvgIpc) is 3.66. The first kappa shape index (κ1) is 20.0. The smallest absolute Gasteiger partial charge is 0.106 e. The highest BCUT2D eigenvalue weighted by Crippen LogP contribution is 2.40. The summed E-state index contributed by atoms with van der Waals surface area (Å²) in [6, 6.07) is 24.5. The largest absolute Gasteiger partial charge is 0.342 e. The van der Waals surface area contributed by atoms with E-state index in [1.165, 1.54) is 53.5 Å². The van der Waals surface area contributed by atoms with Crippen LogP contribution in [0.25, 0.3) is 75.6 Å². The lowest BCUT2D eigenvalue weighted by molar-refractivity contribution is 1.00. The number of nitrogens with zero attached hydrogens (tertiary/aromatic N) is 2. The summed E-state index contributed by atoms with van der Waals surface area (Å²) in [5.74, 6) is 1.98. The number of imidazole rings is 2. The highest BCUT2D eigenvalue weighted by atomic mass is 32.1. The van der Waals surface area contributed by atoms with Gasteiger partial charge in [0.25, 0.3) is 0 Å². The van der Waals surface area contributed by atoms with E-state index in [4.69, 9.17) is 9.97 Å². The molecule has 0 aliphatic carbocycles. The predicted octanol–water partition coefficient (Wildman–Crippen LogP) is 8.65. The van der Waals surface area contributed by atoms with Gasteiger partial charge in [-0.25, -0.2) is 9.97 Å². The van der Waals surface area contributed by atoms with Crippen molar-refractivity contribution in [3.63, 3.8) is 0 Å². The molecule has 3 heterocycles. The van der Waals surface area contributed by atoms with Gasteiger partial charge in [-0.05, 0) is 52.4 Å². The summed E-state index contributed by atoms with van der Waals surface area (Å²) in [6.07, 6.45) is 0.897. The Hall–Kier alpha value is -4.22. The van der Waals surface area contributed by atoms with Gasteiger partial charge in [0.05, 0.1) is 22.1 Å². The molecule has 0 aliphatic heterocycles. The minimum atomic E-state index is 0.897. The highest BCUT2D eigenvalue weighted by molar-refractivity contribution is 7.18. The number of thiophene rings is 1. The number of fused-ring (bicyclic) bond motifs is 12. The number of aromatic amines is 2. The van der Waals surface area contributed by atoms with E-state index in [2.05, 4.69) is 89.0 Å². The number of aromatic nitrogens is 4. The number of hydrogen-bond donors (Lipinski definition) is 2. The third-order valence-corrected chi connectivity index (χ3v) is 8.41. The molecule has 8 aromatic rings. The second kappa shape index (κ2) is 7.15. The lowest BCUT2D eigenvalue weighted by atomic mass is 9.94. The van der Waals surface area contributed by atoms with Gasteiger partial charge in [-0.2, -0.15) is 0 Å². The fraction of sp³-hybridized carbons (Fsp3) is 0.0968. The molecule has 8 rings (SSSR count). The molecule has 0 saturated heterocycles. The SMILES string of the molecule is CCc1nc2c3ccsc3c3cc(-c4ccc5c(c4)c4ccccc4c4nc(C)[nH]c54)ccc3c2[nH]1. The van der Waals surface area contributed by atoms with E-state index < -0.39 is 0 Å². The van der Waals surface area contributed by atoms with Crippen LogP contribution in [0, 0.1) is 6.92 Å². The molecule has 0 radical (unpaired) electrons. The molecule has 0 saturated carbocycles. The number of rotatable bonds is 2. The van der Waals surface area contributed by atoms with Gasteiger partial charge in [-0.1, -0.05) is 55.5 Å². The molecule has 0 fully saturated rings. The summed E-state index contributed by atoms with van der Waals surface area (Å²) >= 11 is 1.80. The minimum absolute atomic E-state index is 0.897. The quantitative estimate of drug-likeness (QED) is 0.242. The van der Waals surface area contributed by atoms with E-state index in [-0.39, 0.29) is 0 Å². The lowest BCUT2D eigenvalue weighted by Crippen LogP contribution is -1.85. The minimum Gasteiger partial charge on any atom is -0.342 e. The van der Waals surface area contributed by atoms with Crippen LogP contribution in [0.4, 0.5) is 0 Å². The monoisotopic (exact) mass is 482 g/mol. The molecular weight excluding hydrogens is 460 g/mol. The summed E-state index contributed by atoms with van der Waals surface area (Å²) < 4.78 is 1.30.